The van der Waals surface area contributed by atoms with Crippen molar-refractivity contribution in [2.24, 2.45) is 0 Å². The van der Waals surface area contributed by atoms with Crippen LogP contribution in [-0.4, -0.2) is 22.5 Å². The van der Waals surface area contributed by atoms with Gasteiger partial charge in [-0.15, -0.1) is 13.2 Å². The van der Waals surface area contributed by atoms with Crippen molar-refractivity contribution in [1.82, 2.24) is 0 Å². The van der Waals surface area contributed by atoms with Gasteiger partial charge in [0.15, 0.2) is 0 Å². The standard InChI is InChI=1S/C7H13O2Si/c1-4-6-8-10(3)9-7-5-2/h4-5H,1-2,6-7H2,3H3. The summed E-state index contributed by atoms with van der Waals surface area (Å²) in [6.45, 7) is 10.1. The molecule has 0 spiro atoms. The summed E-state index contributed by atoms with van der Waals surface area (Å²) in [4.78, 5) is 0. The third kappa shape index (κ3) is 5.75. The van der Waals surface area contributed by atoms with Crippen LogP contribution in [0.2, 0.25) is 6.55 Å². The summed E-state index contributed by atoms with van der Waals surface area (Å²) in [7, 11) is -1.06. The fraction of sp³-hybridized carbons (Fsp3) is 0.429. The van der Waals surface area contributed by atoms with Crippen LogP contribution in [0.15, 0.2) is 25.3 Å². The molecule has 0 N–H and O–H groups in total. The molecule has 0 aromatic carbocycles. The molecule has 2 nitrogen and oxygen atoms in total. The third-order valence-electron chi connectivity index (χ3n) is 0.809. The van der Waals surface area contributed by atoms with E-state index in [1.54, 1.807) is 12.2 Å². The van der Waals surface area contributed by atoms with Crippen molar-refractivity contribution < 1.29 is 8.85 Å². The Morgan fingerprint density at radius 2 is 1.60 bits per heavy atom. The van der Waals surface area contributed by atoms with E-state index < -0.39 is 9.28 Å². The average Bonchev–Trinajstić information content (AvgIpc) is 1.97. The predicted molar refractivity (Wildman–Crippen MR) is 43.9 cm³/mol. The lowest BCUT2D eigenvalue weighted by Crippen LogP contribution is -2.18. The Kier molecular flexibility index (Phi) is 6.47. The van der Waals surface area contributed by atoms with Crippen LogP contribution in [-0.2, 0) is 8.85 Å². The molecule has 0 amide bonds. The molecule has 0 heterocycles. The third-order valence-corrected chi connectivity index (χ3v) is 1.96. The second-order valence-corrected chi connectivity index (χ2v) is 3.25. The van der Waals surface area contributed by atoms with Crippen LogP contribution < -0.4 is 0 Å². The van der Waals surface area contributed by atoms with Gasteiger partial charge < -0.3 is 8.85 Å². The summed E-state index contributed by atoms with van der Waals surface area (Å²) in [5.41, 5.74) is 0. The zero-order valence-electron chi connectivity index (χ0n) is 6.30. The van der Waals surface area contributed by atoms with Gasteiger partial charge in [0, 0.05) is 0 Å². The first-order chi connectivity index (χ1) is 4.81. The van der Waals surface area contributed by atoms with Crippen molar-refractivity contribution in [3.05, 3.63) is 25.3 Å². The Labute approximate surface area is 64.0 Å². The van der Waals surface area contributed by atoms with Gasteiger partial charge in [-0.05, 0) is 6.55 Å². The molecule has 0 aromatic heterocycles. The van der Waals surface area contributed by atoms with Gasteiger partial charge in [0.25, 0.3) is 0 Å². The van der Waals surface area contributed by atoms with E-state index in [1.165, 1.54) is 0 Å². The van der Waals surface area contributed by atoms with Crippen molar-refractivity contribution in [3.8, 4) is 0 Å². The lowest BCUT2D eigenvalue weighted by Gasteiger charge is -2.06. The second kappa shape index (κ2) is 6.73. The summed E-state index contributed by atoms with van der Waals surface area (Å²) < 4.78 is 10.4. The van der Waals surface area contributed by atoms with E-state index in [1.807, 2.05) is 6.55 Å². The molecule has 0 saturated heterocycles. The molecule has 57 valence electrons. The summed E-state index contributed by atoms with van der Waals surface area (Å²) >= 11 is 0. The predicted octanol–water partition coefficient (Wildman–Crippen LogP) is 1.51. The Hall–Kier alpha value is -0.383. The van der Waals surface area contributed by atoms with Gasteiger partial charge in [-0.2, -0.15) is 0 Å². The van der Waals surface area contributed by atoms with Gasteiger partial charge in [-0.1, -0.05) is 12.2 Å². The van der Waals surface area contributed by atoms with Crippen LogP contribution in [0.4, 0.5) is 0 Å². The SMILES string of the molecule is C=CCO[Si](C)OCC=C. The highest BCUT2D eigenvalue weighted by Gasteiger charge is 2.03. The maximum atomic E-state index is 5.21. The first kappa shape index (κ1) is 9.62. The van der Waals surface area contributed by atoms with Crippen molar-refractivity contribution >= 4 is 9.28 Å². The molecule has 10 heavy (non-hydrogen) atoms. The molecule has 0 bridgehead atoms. The van der Waals surface area contributed by atoms with Crippen molar-refractivity contribution in [2.75, 3.05) is 13.2 Å². The maximum absolute atomic E-state index is 5.21. The van der Waals surface area contributed by atoms with E-state index in [0.717, 1.165) is 0 Å². The van der Waals surface area contributed by atoms with Gasteiger partial charge in [-0.25, -0.2) is 0 Å². The molecule has 0 aliphatic heterocycles. The van der Waals surface area contributed by atoms with E-state index in [4.69, 9.17) is 8.85 Å². The van der Waals surface area contributed by atoms with Crippen LogP contribution in [0.25, 0.3) is 0 Å². The highest BCUT2D eigenvalue weighted by atomic mass is 28.3. The Morgan fingerprint density at radius 1 is 1.20 bits per heavy atom. The van der Waals surface area contributed by atoms with Crippen molar-refractivity contribution in [1.29, 1.82) is 0 Å². The summed E-state index contributed by atoms with van der Waals surface area (Å²) in [5.74, 6) is 0. The fourth-order valence-electron chi connectivity index (χ4n) is 0.394. The molecule has 0 saturated carbocycles. The molecule has 0 aliphatic rings. The zero-order chi connectivity index (χ0) is 7.82. The van der Waals surface area contributed by atoms with Crippen LogP contribution in [0.1, 0.15) is 0 Å². The number of rotatable bonds is 6. The van der Waals surface area contributed by atoms with E-state index in [2.05, 4.69) is 13.2 Å². The minimum absolute atomic E-state index is 0.571. The van der Waals surface area contributed by atoms with Crippen molar-refractivity contribution in [2.45, 2.75) is 6.55 Å². The van der Waals surface area contributed by atoms with Gasteiger partial charge >= 0.3 is 9.28 Å². The van der Waals surface area contributed by atoms with Crippen LogP contribution >= 0.6 is 0 Å². The van der Waals surface area contributed by atoms with Crippen molar-refractivity contribution in [3.63, 3.8) is 0 Å². The number of hydrogen-bond donors (Lipinski definition) is 0. The molecule has 0 aromatic rings. The summed E-state index contributed by atoms with van der Waals surface area (Å²) in [5, 5.41) is 0. The zero-order valence-corrected chi connectivity index (χ0v) is 7.30. The van der Waals surface area contributed by atoms with Crippen LogP contribution in [0.5, 0.6) is 0 Å². The molecule has 0 rings (SSSR count). The topological polar surface area (TPSA) is 18.5 Å². The highest BCUT2D eigenvalue weighted by molar-refractivity contribution is 6.42. The maximum Gasteiger partial charge on any atom is 0.381 e. The molecule has 0 aliphatic carbocycles. The van der Waals surface area contributed by atoms with Gasteiger partial charge in [-0.3, -0.25) is 0 Å². The minimum Gasteiger partial charge on any atom is -0.390 e. The minimum atomic E-state index is -1.06. The molecular weight excluding hydrogens is 144 g/mol. The monoisotopic (exact) mass is 157 g/mol. The largest absolute Gasteiger partial charge is 0.390 e. The number of hydrogen-bond acceptors (Lipinski definition) is 2. The molecular formula is C7H13O2Si. The quantitative estimate of drug-likeness (QED) is 0.430. The van der Waals surface area contributed by atoms with E-state index >= 15 is 0 Å². The smallest absolute Gasteiger partial charge is 0.381 e. The molecule has 0 atom stereocenters. The van der Waals surface area contributed by atoms with E-state index in [-0.39, 0.29) is 0 Å². The van der Waals surface area contributed by atoms with Crippen LogP contribution in [0.3, 0.4) is 0 Å². The summed E-state index contributed by atoms with van der Waals surface area (Å²) in [6.07, 6.45) is 3.43. The second-order valence-electron chi connectivity index (χ2n) is 1.69. The van der Waals surface area contributed by atoms with Crippen LogP contribution in [0, 0.1) is 0 Å². The average molecular weight is 157 g/mol. The highest BCUT2D eigenvalue weighted by Crippen LogP contribution is 1.88. The molecule has 1 radical (unpaired) electrons. The fourth-order valence-corrected chi connectivity index (χ4v) is 1.18. The first-order valence-corrected chi connectivity index (χ1v) is 4.94. The lowest BCUT2D eigenvalue weighted by atomic mass is 10.7. The normalized spacial score (nSPS) is 9.80. The van der Waals surface area contributed by atoms with E-state index in [9.17, 15) is 0 Å². The van der Waals surface area contributed by atoms with Gasteiger partial charge in [0.1, 0.15) is 0 Å². The van der Waals surface area contributed by atoms with E-state index in [0.29, 0.717) is 13.2 Å². The first-order valence-electron chi connectivity index (χ1n) is 3.12. The Bertz CT molecular complexity index is 91.8. The Morgan fingerprint density at radius 3 is 1.90 bits per heavy atom. The molecule has 0 fully saturated rings. The molecule has 0 unspecified atom stereocenters. The Balaban J connectivity index is 3.15. The van der Waals surface area contributed by atoms with Gasteiger partial charge in [0.2, 0.25) is 0 Å². The molecule has 3 heteroatoms. The van der Waals surface area contributed by atoms with Gasteiger partial charge in [0.05, 0.1) is 13.2 Å². The lowest BCUT2D eigenvalue weighted by molar-refractivity contribution is 0.239. The summed E-state index contributed by atoms with van der Waals surface area (Å²) in [6, 6.07) is 0.